The highest BCUT2D eigenvalue weighted by atomic mass is 32.2. The maximum absolute atomic E-state index is 13.1. The Hall–Kier alpha value is -1.48. The van der Waals surface area contributed by atoms with Gasteiger partial charge in [-0.15, -0.1) is 0 Å². The number of ether oxygens (including phenoxy) is 1. The standard InChI is InChI=1S/C19H29N3O4S/c1-4-26-16-14-19(20,18(16,2)3)17(23)21-10-12-22(13-11-21)27(24,25)15-8-6-5-7-9-15/h5-9,16H,4,10-14,20H2,1-3H3. The normalized spacial score (nSPS) is 28.6. The molecule has 1 aliphatic heterocycles. The van der Waals surface area contributed by atoms with Gasteiger partial charge in [0.2, 0.25) is 15.9 Å². The summed E-state index contributed by atoms with van der Waals surface area (Å²) in [4.78, 5) is 15.0. The van der Waals surface area contributed by atoms with E-state index in [4.69, 9.17) is 10.5 Å². The number of rotatable bonds is 5. The van der Waals surface area contributed by atoms with Crippen LogP contribution in [0.5, 0.6) is 0 Å². The van der Waals surface area contributed by atoms with Crippen LogP contribution < -0.4 is 5.73 Å². The number of nitrogens with zero attached hydrogens (tertiary/aromatic N) is 2. The number of amides is 1. The molecule has 3 rings (SSSR count). The minimum absolute atomic E-state index is 0.0313. The molecule has 2 aliphatic rings. The van der Waals surface area contributed by atoms with Crippen molar-refractivity contribution in [1.29, 1.82) is 0 Å². The first kappa shape index (κ1) is 20.3. The Labute approximate surface area is 161 Å². The number of hydrogen-bond donors (Lipinski definition) is 1. The summed E-state index contributed by atoms with van der Waals surface area (Å²) < 4.78 is 32.6. The Bertz CT molecular complexity index is 788. The molecular formula is C19H29N3O4S. The predicted octanol–water partition coefficient (Wildman–Crippen LogP) is 1.05. The van der Waals surface area contributed by atoms with Crippen molar-refractivity contribution in [2.45, 2.75) is 43.7 Å². The summed E-state index contributed by atoms with van der Waals surface area (Å²) in [6, 6.07) is 8.38. The molecule has 2 N–H and O–H groups in total. The lowest BCUT2D eigenvalue weighted by Crippen LogP contribution is -2.76. The molecule has 1 amide bonds. The maximum atomic E-state index is 13.1. The van der Waals surface area contributed by atoms with Gasteiger partial charge >= 0.3 is 0 Å². The first-order valence-electron chi connectivity index (χ1n) is 9.39. The first-order valence-corrected chi connectivity index (χ1v) is 10.8. The van der Waals surface area contributed by atoms with E-state index in [2.05, 4.69) is 0 Å². The van der Waals surface area contributed by atoms with E-state index in [0.717, 1.165) is 0 Å². The van der Waals surface area contributed by atoms with Crippen LogP contribution in [0.4, 0.5) is 0 Å². The van der Waals surface area contributed by atoms with E-state index in [1.165, 1.54) is 4.31 Å². The Balaban J connectivity index is 1.65. The number of hydrogen-bond acceptors (Lipinski definition) is 5. The molecular weight excluding hydrogens is 366 g/mol. The molecule has 1 heterocycles. The summed E-state index contributed by atoms with van der Waals surface area (Å²) in [5, 5.41) is 0. The third-order valence-electron chi connectivity index (χ3n) is 6.12. The van der Waals surface area contributed by atoms with Crippen LogP contribution in [-0.2, 0) is 19.6 Å². The molecule has 1 aromatic rings. The van der Waals surface area contributed by atoms with E-state index in [1.807, 2.05) is 20.8 Å². The molecule has 2 atom stereocenters. The number of carbonyl (C=O) groups is 1. The Morgan fingerprint density at radius 3 is 2.30 bits per heavy atom. The summed E-state index contributed by atoms with van der Waals surface area (Å²) in [7, 11) is -3.53. The van der Waals surface area contributed by atoms with Crippen LogP contribution in [0, 0.1) is 5.41 Å². The third-order valence-corrected chi connectivity index (χ3v) is 8.03. The van der Waals surface area contributed by atoms with Crippen LogP contribution >= 0.6 is 0 Å². The van der Waals surface area contributed by atoms with Crippen molar-refractivity contribution < 1.29 is 17.9 Å². The van der Waals surface area contributed by atoms with Crippen LogP contribution in [0.2, 0.25) is 0 Å². The fourth-order valence-electron chi connectivity index (χ4n) is 3.95. The van der Waals surface area contributed by atoms with Gasteiger partial charge in [0, 0.05) is 44.6 Å². The van der Waals surface area contributed by atoms with Gasteiger partial charge in [-0.25, -0.2) is 8.42 Å². The molecule has 0 spiro atoms. The molecule has 1 saturated heterocycles. The van der Waals surface area contributed by atoms with Crippen LogP contribution in [0.1, 0.15) is 27.2 Å². The Morgan fingerprint density at radius 1 is 1.19 bits per heavy atom. The first-order chi connectivity index (χ1) is 12.6. The third kappa shape index (κ3) is 3.29. The summed E-state index contributed by atoms with van der Waals surface area (Å²) in [6.45, 7) is 7.69. The largest absolute Gasteiger partial charge is 0.378 e. The maximum Gasteiger partial charge on any atom is 0.243 e. The molecule has 0 bridgehead atoms. The number of sulfonamides is 1. The van der Waals surface area contributed by atoms with Crippen molar-refractivity contribution in [2.75, 3.05) is 32.8 Å². The van der Waals surface area contributed by atoms with Gasteiger partial charge in [0.25, 0.3) is 0 Å². The number of piperazine rings is 1. The fourth-order valence-corrected chi connectivity index (χ4v) is 5.40. The number of carbonyl (C=O) groups excluding carboxylic acids is 1. The molecule has 1 saturated carbocycles. The SMILES string of the molecule is CCOC1CC(N)(C(=O)N2CCN(S(=O)(=O)c3ccccc3)CC2)C1(C)C. The zero-order valence-corrected chi connectivity index (χ0v) is 17.0. The second-order valence-electron chi connectivity index (χ2n) is 7.85. The molecule has 2 fully saturated rings. The summed E-state index contributed by atoms with van der Waals surface area (Å²) in [6.07, 6.45) is 0.464. The number of nitrogens with two attached hydrogens (primary N) is 1. The van der Waals surface area contributed by atoms with Gasteiger partial charge in [-0.3, -0.25) is 4.79 Å². The van der Waals surface area contributed by atoms with E-state index >= 15 is 0 Å². The molecule has 27 heavy (non-hydrogen) atoms. The smallest absolute Gasteiger partial charge is 0.243 e. The van der Waals surface area contributed by atoms with Crippen LogP contribution in [0.3, 0.4) is 0 Å². The highest BCUT2D eigenvalue weighted by Crippen LogP contribution is 2.50. The van der Waals surface area contributed by atoms with Crippen molar-refractivity contribution in [3.63, 3.8) is 0 Å². The van der Waals surface area contributed by atoms with E-state index < -0.39 is 21.0 Å². The zero-order chi connectivity index (χ0) is 19.9. The number of benzene rings is 1. The van der Waals surface area contributed by atoms with E-state index in [9.17, 15) is 13.2 Å². The van der Waals surface area contributed by atoms with Crippen LogP contribution in [0.25, 0.3) is 0 Å². The summed E-state index contributed by atoms with van der Waals surface area (Å²) in [5.41, 5.74) is 5.07. The van der Waals surface area contributed by atoms with Gasteiger partial charge in [0.15, 0.2) is 0 Å². The molecule has 2 unspecified atom stereocenters. The average Bonchev–Trinajstić information content (AvgIpc) is 2.68. The minimum Gasteiger partial charge on any atom is -0.378 e. The topological polar surface area (TPSA) is 92.9 Å². The molecule has 1 aliphatic carbocycles. The van der Waals surface area contributed by atoms with E-state index in [1.54, 1.807) is 35.2 Å². The van der Waals surface area contributed by atoms with Crippen molar-refractivity contribution >= 4 is 15.9 Å². The molecule has 0 radical (unpaired) electrons. The van der Waals surface area contributed by atoms with E-state index in [-0.39, 0.29) is 30.0 Å². The Morgan fingerprint density at radius 2 is 1.78 bits per heavy atom. The van der Waals surface area contributed by atoms with Gasteiger partial charge in [-0.1, -0.05) is 32.0 Å². The predicted molar refractivity (Wildman–Crippen MR) is 103 cm³/mol. The zero-order valence-electron chi connectivity index (χ0n) is 16.2. The molecule has 8 heteroatoms. The van der Waals surface area contributed by atoms with Crippen molar-refractivity contribution in [2.24, 2.45) is 11.1 Å². The Kier molecular flexibility index (Phi) is 5.37. The molecule has 7 nitrogen and oxygen atoms in total. The molecule has 150 valence electrons. The molecule has 1 aromatic carbocycles. The van der Waals surface area contributed by atoms with Gasteiger partial charge in [-0.2, -0.15) is 4.31 Å². The summed E-state index contributed by atoms with van der Waals surface area (Å²) >= 11 is 0. The van der Waals surface area contributed by atoms with Crippen LogP contribution in [0.15, 0.2) is 35.2 Å². The lowest BCUT2D eigenvalue weighted by molar-refractivity contribution is -0.180. The lowest BCUT2D eigenvalue weighted by atomic mass is 9.54. The fraction of sp³-hybridized carbons (Fsp3) is 0.632. The van der Waals surface area contributed by atoms with Crippen LogP contribution in [-0.4, -0.2) is 68.0 Å². The monoisotopic (exact) mass is 395 g/mol. The average molecular weight is 396 g/mol. The highest BCUT2D eigenvalue weighted by Gasteiger charge is 2.63. The van der Waals surface area contributed by atoms with Crippen molar-refractivity contribution in [3.8, 4) is 0 Å². The minimum atomic E-state index is -3.53. The quantitative estimate of drug-likeness (QED) is 0.804. The van der Waals surface area contributed by atoms with Gasteiger partial charge < -0.3 is 15.4 Å². The second-order valence-corrected chi connectivity index (χ2v) is 9.79. The molecule has 0 aromatic heterocycles. The van der Waals surface area contributed by atoms with Crippen molar-refractivity contribution in [1.82, 2.24) is 9.21 Å². The summed E-state index contributed by atoms with van der Waals surface area (Å²) in [5.74, 6) is -0.111. The van der Waals surface area contributed by atoms with Gasteiger partial charge in [0.1, 0.15) is 5.54 Å². The van der Waals surface area contributed by atoms with Gasteiger partial charge in [-0.05, 0) is 19.1 Å². The highest BCUT2D eigenvalue weighted by molar-refractivity contribution is 7.89. The van der Waals surface area contributed by atoms with Crippen molar-refractivity contribution in [3.05, 3.63) is 30.3 Å². The lowest BCUT2D eigenvalue weighted by Gasteiger charge is -2.59. The van der Waals surface area contributed by atoms with E-state index in [0.29, 0.717) is 26.1 Å². The van der Waals surface area contributed by atoms with Gasteiger partial charge in [0.05, 0.1) is 11.0 Å². The second kappa shape index (κ2) is 7.16.